The predicted octanol–water partition coefficient (Wildman–Crippen LogP) is 2.23. The Labute approximate surface area is 250 Å². The van der Waals surface area contributed by atoms with Gasteiger partial charge < -0.3 is 69.9 Å². The fourth-order valence-electron chi connectivity index (χ4n) is 3.91. The Kier molecular flexibility index (Phi) is 25.2. The Morgan fingerprint density at radius 2 is 0.780 bits per heavy atom. The normalized spacial score (nSPS) is 25.2. The van der Waals surface area contributed by atoms with Gasteiger partial charge >= 0.3 is 0 Å². The lowest BCUT2D eigenvalue weighted by molar-refractivity contribution is -0.226. The lowest BCUT2D eigenvalue weighted by Gasteiger charge is -2.48. The summed E-state index contributed by atoms with van der Waals surface area (Å²) in [7, 11) is 0.452. The Balaban J connectivity index is 3.20. The molecule has 0 aromatic rings. The monoisotopic (exact) mass is 676 g/mol. The summed E-state index contributed by atoms with van der Waals surface area (Å²) in [6.45, 7) is 5.72. The molecule has 1 saturated carbocycles. The Hall–Kier alpha value is 0.700. The van der Waals surface area contributed by atoms with E-state index in [1.54, 1.807) is 21.3 Å². The third-order valence-corrected chi connectivity index (χ3v) is 7.95. The summed E-state index contributed by atoms with van der Waals surface area (Å²) in [6.07, 6.45) is -3.86. The van der Waals surface area contributed by atoms with Gasteiger partial charge in [0.05, 0.1) is 91.5 Å². The first-order valence-corrected chi connectivity index (χ1v) is 18.0. The van der Waals surface area contributed by atoms with Crippen molar-refractivity contribution in [1.82, 2.24) is 0 Å². The van der Waals surface area contributed by atoms with E-state index in [2.05, 4.69) is 0 Å². The van der Waals surface area contributed by atoms with Gasteiger partial charge in [0, 0.05) is 27.2 Å². The molecule has 15 nitrogen and oxygen atoms in total. The highest BCUT2D eigenvalue weighted by atomic mass is 32.5. The summed E-state index contributed by atoms with van der Waals surface area (Å²) in [4.78, 5) is 0. The zero-order valence-electron chi connectivity index (χ0n) is 23.9. The number of hydrogen-bond acceptors (Lipinski definition) is 11. The van der Waals surface area contributed by atoms with Gasteiger partial charge in [-0.05, 0) is 0 Å². The molecule has 0 aromatic heterocycles. The molecule has 0 radical (unpaired) electrons. The van der Waals surface area contributed by atoms with Crippen molar-refractivity contribution in [3.8, 4) is 0 Å². The summed E-state index contributed by atoms with van der Waals surface area (Å²) in [5, 5.41) is 0. The van der Waals surface area contributed by atoms with Crippen LogP contribution in [0.2, 0.25) is 0 Å². The number of ether oxygens (including phenoxy) is 9. The fourth-order valence-corrected chi connectivity index (χ4v) is 5.80. The molecule has 0 aromatic carbocycles. The second-order valence-corrected chi connectivity index (χ2v) is 13.0. The van der Waals surface area contributed by atoms with E-state index in [4.69, 9.17) is 51.7 Å². The molecule has 1 aliphatic carbocycles. The van der Waals surface area contributed by atoms with E-state index in [0.717, 1.165) is 0 Å². The number of hydrogen-bond donors (Lipinski definition) is 4. The Morgan fingerprint density at radius 1 is 0.463 bits per heavy atom. The highest BCUT2D eigenvalue weighted by molar-refractivity contribution is 8.12. The highest BCUT2D eigenvalue weighted by Gasteiger charge is 2.53. The van der Waals surface area contributed by atoms with Crippen LogP contribution in [0.25, 0.3) is 0 Å². The highest BCUT2D eigenvalue weighted by Crippen LogP contribution is 2.38. The van der Waals surface area contributed by atoms with Crippen LogP contribution in [-0.4, -0.2) is 149 Å². The summed E-state index contributed by atoms with van der Waals surface area (Å²) in [5.74, 6) is -0.371. The van der Waals surface area contributed by atoms with Gasteiger partial charge in [-0.3, -0.25) is 0 Å². The van der Waals surface area contributed by atoms with Crippen LogP contribution in [0.5, 0.6) is 0 Å². The standard InChI is InChI=1S/C22H46O15P2S2/c1-17-18(33-14-11-30-8-5-27-2)21(36-38-40(23)24)20(35-16-13-32-10-7-29-4)22(37-39-41(25)26)19(17)34-15-12-31-9-6-28-3/h17-26H,5-16H2,1-4H3/t17?,18-,19?,20?,21?,22+/m1/s1. The minimum atomic E-state index is -2.04. The van der Waals surface area contributed by atoms with E-state index in [-0.39, 0.29) is 60.7 Å². The smallest absolute Gasteiger partial charge is 0.147 e. The van der Waals surface area contributed by atoms with E-state index < -0.39 is 51.8 Å². The van der Waals surface area contributed by atoms with Crippen LogP contribution in [0.1, 0.15) is 6.92 Å². The summed E-state index contributed by atoms with van der Waals surface area (Å²) in [6, 6.07) is 0. The Bertz CT molecular complexity index is 656. The molecule has 6 atom stereocenters. The van der Waals surface area contributed by atoms with Crippen LogP contribution in [0.3, 0.4) is 0 Å². The van der Waals surface area contributed by atoms with E-state index in [9.17, 15) is 18.2 Å². The molecule has 4 unspecified atom stereocenters. The molecule has 0 aliphatic heterocycles. The molecule has 41 heavy (non-hydrogen) atoms. The van der Waals surface area contributed by atoms with Crippen LogP contribution in [0, 0.1) is 5.92 Å². The maximum absolute atomic E-state index is 9.57. The molecule has 0 bridgehead atoms. The van der Waals surface area contributed by atoms with Gasteiger partial charge in [0.15, 0.2) is 0 Å². The van der Waals surface area contributed by atoms with Gasteiger partial charge in [-0.2, -0.15) is 0 Å². The molecular formula is C22H46O15P2S2. The number of methoxy groups -OCH3 is 3. The van der Waals surface area contributed by atoms with Gasteiger partial charge in [-0.1, -0.05) is 6.92 Å². The number of rotatable bonds is 25. The van der Waals surface area contributed by atoms with Gasteiger partial charge in [0.25, 0.3) is 0 Å². The molecular weight excluding hydrogens is 630 g/mol. The van der Waals surface area contributed by atoms with Gasteiger partial charge in [-0.15, -0.1) is 0 Å². The molecule has 0 saturated heterocycles. The minimum absolute atomic E-state index is 0.106. The Morgan fingerprint density at radius 3 is 1.10 bits per heavy atom. The van der Waals surface area contributed by atoms with E-state index in [0.29, 0.717) is 39.6 Å². The van der Waals surface area contributed by atoms with Crippen LogP contribution >= 0.6 is 15.2 Å². The van der Waals surface area contributed by atoms with Crippen LogP contribution in [0.15, 0.2) is 0 Å². The van der Waals surface area contributed by atoms with Crippen LogP contribution < -0.4 is 0 Å². The quantitative estimate of drug-likeness (QED) is 0.0815. The average molecular weight is 677 g/mol. The van der Waals surface area contributed by atoms with Crippen molar-refractivity contribution in [2.24, 2.45) is 5.92 Å². The van der Waals surface area contributed by atoms with Crippen molar-refractivity contribution >= 4 is 36.4 Å². The van der Waals surface area contributed by atoms with Crippen molar-refractivity contribution in [3.05, 3.63) is 0 Å². The largest absolute Gasteiger partial charge is 0.382 e. The van der Waals surface area contributed by atoms with Crippen LogP contribution in [0.4, 0.5) is 0 Å². The van der Waals surface area contributed by atoms with Crippen molar-refractivity contribution in [3.63, 3.8) is 0 Å². The molecule has 1 aliphatic rings. The third kappa shape index (κ3) is 17.7. The molecule has 246 valence electrons. The molecule has 1 fully saturated rings. The van der Waals surface area contributed by atoms with Crippen LogP contribution in [-0.2, 0) is 72.9 Å². The van der Waals surface area contributed by atoms with E-state index in [1.165, 1.54) is 0 Å². The summed E-state index contributed by atoms with van der Waals surface area (Å²) in [5.41, 5.74) is 0. The summed E-state index contributed by atoms with van der Waals surface area (Å²) < 4.78 is 100. The second kappa shape index (κ2) is 26.0. The van der Waals surface area contributed by atoms with Crippen molar-refractivity contribution in [2.75, 3.05) is 101 Å². The SMILES string of the molecule is COCCOCCOC1C(C)[C@@H](OCCOCCOC)C(OP=S(O)O)C(OCCOCCOC)[C@H]1OP=S(O)O. The maximum atomic E-state index is 9.57. The third-order valence-electron chi connectivity index (χ3n) is 5.70. The van der Waals surface area contributed by atoms with Crippen molar-refractivity contribution < 1.29 is 69.9 Å². The van der Waals surface area contributed by atoms with Crippen molar-refractivity contribution in [1.29, 1.82) is 0 Å². The van der Waals surface area contributed by atoms with Gasteiger partial charge in [0.1, 0.15) is 54.7 Å². The van der Waals surface area contributed by atoms with Crippen molar-refractivity contribution in [2.45, 2.75) is 37.4 Å². The molecule has 0 spiro atoms. The lowest BCUT2D eigenvalue weighted by Crippen LogP contribution is -2.63. The first-order valence-electron chi connectivity index (χ1n) is 12.9. The first kappa shape index (κ1) is 39.7. The molecule has 0 amide bonds. The first-order chi connectivity index (χ1) is 19.9. The molecule has 1 rings (SSSR count). The minimum Gasteiger partial charge on any atom is -0.382 e. The average Bonchev–Trinajstić information content (AvgIpc) is 2.94. The zero-order chi connectivity index (χ0) is 30.3. The molecule has 19 heteroatoms. The maximum Gasteiger partial charge on any atom is 0.147 e. The predicted molar refractivity (Wildman–Crippen MR) is 155 cm³/mol. The lowest BCUT2D eigenvalue weighted by atomic mass is 9.79. The topological polar surface area (TPSA) is 182 Å². The van der Waals surface area contributed by atoms with E-state index >= 15 is 0 Å². The molecule has 4 N–H and O–H groups in total. The fraction of sp³-hybridized carbons (Fsp3) is 1.00. The molecule has 0 heterocycles. The van der Waals surface area contributed by atoms with Gasteiger partial charge in [-0.25, -0.2) is 0 Å². The van der Waals surface area contributed by atoms with Gasteiger partial charge in [0.2, 0.25) is 0 Å². The summed E-state index contributed by atoms with van der Waals surface area (Å²) >= 11 is 0. The second-order valence-electron chi connectivity index (χ2n) is 8.46. The zero-order valence-corrected chi connectivity index (χ0v) is 27.4. The van der Waals surface area contributed by atoms with E-state index in [1.807, 2.05) is 6.92 Å².